The average Bonchev–Trinajstić information content (AvgIpc) is 2.17. The van der Waals surface area contributed by atoms with Crippen LogP contribution in [0, 0.1) is 10.8 Å². The SMILES string of the molecule is COC[C@]12CC[C@@]1(C)CNC2. The molecule has 0 amide bonds. The van der Waals surface area contributed by atoms with Crippen molar-refractivity contribution in [2.75, 3.05) is 26.8 Å². The summed E-state index contributed by atoms with van der Waals surface area (Å²) in [5, 5.41) is 3.47. The summed E-state index contributed by atoms with van der Waals surface area (Å²) >= 11 is 0. The van der Waals surface area contributed by atoms with E-state index in [2.05, 4.69) is 12.2 Å². The van der Waals surface area contributed by atoms with Crippen molar-refractivity contribution in [3.05, 3.63) is 0 Å². The van der Waals surface area contributed by atoms with Crippen LogP contribution in [0.3, 0.4) is 0 Å². The van der Waals surface area contributed by atoms with E-state index in [1.54, 1.807) is 0 Å². The van der Waals surface area contributed by atoms with Crippen molar-refractivity contribution in [1.29, 1.82) is 0 Å². The highest BCUT2D eigenvalue weighted by atomic mass is 16.5. The molecule has 64 valence electrons. The van der Waals surface area contributed by atoms with Crippen LogP contribution in [0.2, 0.25) is 0 Å². The molecule has 2 nitrogen and oxygen atoms in total. The van der Waals surface area contributed by atoms with Crippen LogP contribution in [0.4, 0.5) is 0 Å². The van der Waals surface area contributed by atoms with Gasteiger partial charge in [-0.1, -0.05) is 6.92 Å². The topological polar surface area (TPSA) is 21.3 Å². The average molecular weight is 155 g/mol. The number of rotatable bonds is 2. The normalized spacial score (nSPS) is 48.5. The molecular weight excluding hydrogens is 138 g/mol. The van der Waals surface area contributed by atoms with E-state index in [9.17, 15) is 0 Å². The molecule has 1 saturated heterocycles. The van der Waals surface area contributed by atoms with Gasteiger partial charge in [0, 0.05) is 25.6 Å². The molecule has 2 rings (SSSR count). The Balaban J connectivity index is 2.12. The molecule has 0 aromatic heterocycles. The second-order valence-electron chi connectivity index (χ2n) is 4.38. The summed E-state index contributed by atoms with van der Waals surface area (Å²) in [6.07, 6.45) is 2.73. The lowest BCUT2D eigenvalue weighted by molar-refractivity contribution is -0.0713. The molecule has 1 N–H and O–H groups in total. The van der Waals surface area contributed by atoms with Gasteiger partial charge in [-0.2, -0.15) is 0 Å². The van der Waals surface area contributed by atoms with Crippen molar-refractivity contribution < 1.29 is 4.74 Å². The van der Waals surface area contributed by atoms with Crippen LogP contribution in [0.25, 0.3) is 0 Å². The highest BCUT2D eigenvalue weighted by Crippen LogP contribution is 2.58. The zero-order chi connectivity index (χ0) is 7.95. The summed E-state index contributed by atoms with van der Waals surface area (Å²) < 4.78 is 5.28. The third-order valence-corrected chi connectivity index (χ3v) is 3.83. The van der Waals surface area contributed by atoms with Gasteiger partial charge >= 0.3 is 0 Å². The quantitative estimate of drug-likeness (QED) is 0.643. The minimum absolute atomic E-state index is 0.488. The van der Waals surface area contributed by atoms with Gasteiger partial charge in [0.1, 0.15) is 0 Å². The molecule has 1 aliphatic carbocycles. The summed E-state index contributed by atoms with van der Waals surface area (Å²) in [7, 11) is 1.81. The molecule has 0 radical (unpaired) electrons. The second kappa shape index (κ2) is 2.20. The standard InChI is InChI=1S/C9H17NO/c1-8-3-4-9(8,7-11-2)6-10-5-8/h10H,3-7H2,1-2H3/t8-,9+/m0/s1. The van der Waals surface area contributed by atoms with E-state index in [1.165, 1.54) is 19.4 Å². The Labute approximate surface area is 68.3 Å². The monoisotopic (exact) mass is 155 g/mol. The van der Waals surface area contributed by atoms with E-state index < -0.39 is 0 Å². The van der Waals surface area contributed by atoms with Crippen LogP contribution in [-0.4, -0.2) is 26.8 Å². The van der Waals surface area contributed by atoms with E-state index in [-0.39, 0.29) is 0 Å². The highest BCUT2D eigenvalue weighted by Gasteiger charge is 2.58. The fraction of sp³-hybridized carbons (Fsp3) is 1.00. The molecule has 11 heavy (non-hydrogen) atoms. The highest BCUT2D eigenvalue weighted by molar-refractivity contribution is 5.10. The second-order valence-corrected chi connectivity index (χ2v) is 4.38. The fourth-order valence-corrected chi connectivity index (χ4v) is 2.63. The lowest BCUT2D eigenvalue weighted by Crippen LogP contribution is -2.51. The third kappa shape index (κ3) is 0.798. The summed E-state index contributed by atoms with van der Waals surface area (Å²) in [4.78, 5) is 0. The van der Waals surface area contributed by atoms with E-state index in [1.807, 2.05) is 7.11 Å². The first-order chi connectivity index (χ1) is 5.22. The summed E-state index contributed by atoms with van der Waals surface area (Å²) in [5.74, 6) is 0. The van der Waals surface area contributed by atoms with Gasteiger partial charge in [0.15, 0.2) is 0 Å². The zero-order valence-corrected chi connectivity index (χ0v) is 7.44. The molecule has 0 spiro atoms. The van der Waals surface area contributed by atoms with E-state index in [0.29, 0.717) is 10.8 Å². The Hall–Kier alpha value is -0.0800. The summed E-state index contributed by atoms with van der Waals surface area (Å²) in [6.45, 7) is 5.68. The molecular formula is C9H17NO. The van der Waals surface area contributed by atoms with Crippen LogP contribution < -0.4 is 5.32 Å². The first-order valence-corrected chi connectivity index (χ1v) is 4.42. The Morgan fingerprint density at radius 3 is 2.64 bits per heavy atom. The molecule has 1 aliphatic heterocycles. The first-order valence-electron chi connectivity index (χ1n) is 4.42. The first kappa shape index (κ1) is 7.56. The van der Waals surface area contributed by atoms with Crippen LogP contribution in [0.1, 0.15) is 19.8 Å². The van der Waals surface area contributed by atoms with Crippen LogP contribution in [0.15, 0.2) is 0 Å². The Bertz CT molecular complexity index is 171. The Morgan fingerprint density at radius 1 is 1.36 bits per heavy atom. The molecule has 2 atom stereocenters. The van der Waals surface area contributed by atoms with Crippen molar-refractivity contribution >= 4 is 0 Å². The van der Waals surface area contributed by atoms with Crippen LogP contribution in [0.5, 0.6) is 0 Å². The minimum Gasteiger partial charge on any atom is -0.384 e. The molecule has 2 heteroatoms. The maximum Gasteiger partial charge on any atom is 0.0536 e. The van der Waals surface area contributed by atoms with Crippen molar-refractivity contribution in [3.8, 4) is 0 Å². The summed E-state index contributed by atoms with van der Waals surface area (Å²) in [6, 6.07) is 0. The molecule has 2 fully saturated rings. The molecule has 0 aromatic carbocycles. The number of methoxy groups -OCH3 is 1. The van der Waals surface area contributed by atoms with Crippen LogP contribution >= 0.6 is 0 Å². The van der Waals surface area contributed by atoms with Gasteiger partial charge in [0.2, 0.25) is 0 Å². The largest absolute Gasteiger partial charge is 0.384 e. The van der Waals surface area contributed by atoms with Gasteiger partial charge in [0.25, 0.3) is 0 Å². The minimum atomic E-state index is 0.488. The maximum absolute atomic E-state index is 5.28. The zero-order valence-electron chi connectivity index (χ0n) is 7.44. The van der Waals surface area contributed by atoms with Crippen molar-refractivity contribution in [3.63, 3.8) is 0 Å². The lowest BCUT2D eigenvalue weighted by Gasteiger charge is -2.52. The maximum atomic E-state index is 5.28. The number of hydrogen-bond acceptors (Lipinski definition) is 2. The number of fused-ring (bicyclic) bond motifs is 1. The predicted octanol–water partition coefficient (Wildman–Crippen LogP) is 1.02. The smallest absolute Gasteiger partial charge is 0.0536 e. The molecule has 2 aliphatic rings. The van der Waals surface area contributed by atoms with Crippen LogP contribution in [-0.2, 0) is 4.74 Å². The van der Waals surface area contributed by atoms with Crippen molar-refractivity contribution in [2.45, 2.75) is 19.8 Å². The van der Waals surface area contributed by atoms with Gasteiger partial charge in [0.05, 0.1) is 6.61 Å². The van der Waals surface area contributed by atoms with Crippen molar-refractivity contribution in [2.24, 2.45) is 10.8 Å². The third-order valence-electron chi connectivity index (χ3n) is 3.83. The summed E-state index contributed by atoms with van der Waals surface area (Å²) in [5.41, 5.74) is 1.03. The molecule has 1 heterocycles. The number of hydrogen-bond donors (Lipinski definition) is 1. The molecule has 0 unspecified atom stereocenters. The number of ether oxygens (including phenoxy) is 1. The van der Waals surface area contributed by atoms with E-state index >= 15 is 0 Å². The van der Waals surface area contributed by atoms with E-state index in [0.717, 1.165) is 13.2 Å². The van der Waals surface area contributed by atoms with Gasteiger partial charge in [-0.15, -0.1) is 0 Å². The van der Waals surface area contributed by atoms with E-state index in [4.69, 9.17) is 4.74 Å². The Kier molecular flexibility index (Phi) is 1.52. The lowest BCUT2D eigenvalue weighted by atomic mass is 9.52. The van der Waals surface area contributed by atoms with Gasteiger partial charge < -0.3 is 10.1 Å². The molecule has 0 bridgehead atoms. The van der Waals surface area contributed by atoms with Crippen molar-refractivity contribution in [1.82, 2.24) is 5.32 Å². The fourth-order valence-electron chi connectivity index (χ4n) is 2.63. The predicted molar refractivity (Wildman–Crippen MR) is 44.5 cm³/mol. The van der Waals surface area contributed by atoms with Gasteiger partial charge in [-0.3, -0.25) is 0 Å². The number of nitrogens with one attached hydrogen (secondary N) is 1. The van der Waals surface area contributed by atoms with Gasteiger partial charge in [-0.05, 0) is 18.3 Å². The molecule has 0 aromatic rings. The molecule has 1 saturated carbocycles. The Morgan fingerprint density at radius 2 is 2.18 bits per heavy atom. The van der Waals surface area contributed by atoms with Gasteiger partial charge in [-0.25, -0.2) is 0 Å².